The molecule has 2 atom stereocenters. The molecular weight excluding hydrogens is 308 g/mol. The molecule has 0 saturated heterocycles. The smallest absolute Gasteiger partial charge is 0.260 e. The van der Waals surface area contributed by atoms with E-state index in [1.807, 2.05) is 38.1 Å². The number of nitrogens with one attached hydrogen (secondary N) is 2. The van der Waals surface area contributed by atoms with Crippen LogP contribution in [0.2, 0.25) is 0 Å². The Hall–Kier alpha value is -1.07. The lowest BCUT2D eigenvalue weighted by Crippen LogP contribution is -2.43. The van der Waals surface area contributed by atoms with Gasteiger partial charge in [0.15, 0.2) is 6.10 Å². The number of benzene rings is 1. The van der Waals surface area contributed by atoms with Gasteiger partial charge in [-0.15, -0.1) is 0 Å². The molecule has 1 aromatic carbocycles. The highest BCUT2D eigenvalue weighted by Crippen LogP contribution is 2.24. The summed E-state index contributed by atoms with van der Waals surface area (Å²) in [5.41, 5.74) is 0. The van der Waals surface area contributed by atoms with Gasteiger partial charge in [0.1, 0.15) is 5.75 Å². The first-order chi connectivity index (χ1) is 9.04. The Morgan fingerprint density at radius 2 is 2.05 bits per heavy atom. The van der Waals surface area contributed by atoms with Crippen LogP contribution in [0.15, 0.2) is 28.7 Å². The predicted molar refractivity (Wildman–Crippen MR) is 80.4 cm³/mol. The Morgan fingerprint density at radius 1 is 1.37 bits per heavy atom. The van der Waals surface area contributed by atoms with Crippen LogP contribution in [0.3, 0.4) is 0 Å². The van der Waals surface area contributed by atoms with Crippen LogP contribution in [-0.4, -0.2) is 31.1 Å². The topological polar surface area (TPSA) is 50.4 Å². The van der Waals surface area contributed by atoms with Crippen molar-refractivity contribution in [3.63, 3.8) is 0 Å². The number of amides is 1. The fourth-order valence-corrected chi connectivity index (χ4v) is 1.98. The number of rotatable bonds is 7. The zero-order chi connectivity index (χ0) is 14.3. The van der Waals surface area contributed by atoms with E-state index < -0.39 is 6.10 Å². The fourth-order valence-electron chi connectivity index (χ4n) is 1.60. The molecule has 1 amide bonds. The van der Waals surface area contributed by atoms with Gasteiger partial charge in [-0.25, -0.2) is 0 Å². The van der Waals surface area contributed by atoms with Crippen LogP contribution in [0.1, 0.15) is 20.8 Å². The van der Waals surface area contributed by atoms with Crippen molar-refractivity contribution in [2.24, 2.45) is 0 Å². The maximum Gasteiger partial charge on any atom is 0.260 e. The van der Waals surface area contributed by atoms with E-state index in [9.17, 15) is 4.79 Å². The Kier molecular flexibility index (Phi) is 6.87. The van der Waals surface area contributed by atoms with Gasteiger partial charge in [0.05, 0.1) is 4.47 Å². The summed E-state index contributed by atoms with van der Waals surface area (Å²) in [4.78, 5) is 11.9. The zero-order valence-electron chi connectivity index (χ0n) is 11.6. The fraction of sp³-hybridized carbons (Fsp3) is 0.500. The summed E-state index contributed by atoms with van der Waals surface area (Å²) < 4.78 is 6.46. The van der Waals surface area contributed by atoms with Crippen molar-refractivity contribution in [3.8, 4) is 5.75 Å². The number of hydrogen-bond acceptors (Lipinski definition) is 3. The SMILES string of the molecule is CCN[C@H](C)CNC(=O)C(C)Oc1ccccc1Br. The van der Waals surface area contributed by atoms with Gasteiger partial charge < -0.3 is 15.4 Å². The molecule has 0 spiro atoms. The molecule has 0 aliphatic heterocycles. The van der Waals surface area contributed by atoms with E-state index in [2.05, 4.69) is 26.6 Å². The van der Waals surface area contributed by atoms with Gasteiger partial charge >= 0.3 is 0 Å². The highest BCUT2D eigenvalue weighted by Gasteiger charge is 2.16. The van der Waals surface area contributed by atoms with Crippen LogP contribution < -0.4 is 15.4 Å². The summed E-state index contributed by atoms with van der Waals surface area (Å²) in [6, 6.07) is 7.74. The van der Waals surface area contributed by atoms with Crippen molar-refractivity contribution in [2.45, 2.75) is 32.9 Å². The molecule has 0 radical (unpaired) electrons. The standard InChI is InChI=1S/C14H21BrN2O2/c1-4-16-10(2)9-17-14(18)11(3)19-13-8-6-5-7-12(13)15/h5-8,10-11,16H,4,9H2,1-3H3,(H,17,18)/t10-,11?/m1/s1. The average Bonchev–Trinajstić information content (AvgIpc) is 2.39. The second-order valence-electron chi connectivity index (χ2n) is 4.39. The Balaban J connectivity index is 2.43. The molecule has 0 fully saturated rings. The molecule has 4 nitrogen and oxygen atoms in total. The number of carbonyl (C=O) groups is 1. The summed E-state index contributed by atoms with van der Waals surface area (Å²) in [6.07, 6.45) is -0.521. The van der Waals surface area contributed by atoms with Crippen LogP contribution in [0, 0.1) is 0 Å². The highest BCUT2D eigenvalue weighted by atomic mass is 79.9. The molecule has 0 heterocycles. The molecule has 1 unspecified atom stereocenters. The monoisotopic (exact) mass is 328 g/mol. The van der Waals surface area contributed by atoms with Crippen LogP contribution in [0.4, 0.5) is 0 Å². The van der Waals surface area contributed by atoms with Crippen LogP contribution in [-0.2, 0) is 4.79 Å². The molecule has 5 heteroatoms. The zero-order valence-corrected chi connectivity index (χ0v) is 13.2. The molecule has 19 heavy (non-hydrogen) atoms. The molecule has 0 aliphatic rings. The minimum absolute atomic E-state index is 0.111. The van der Waals surface area contributed by atoms with Crippen LogP contribution in [0.5, 0.6) is 5.75 Å². The van der Waals surface area contributed by atoms with Gasteiger partial charge in [0.2, 0.25) is 0 Å². The van der Waals surface area contributed by atoms with E-state index in [0.717, 1.165) is 11.0 Å². The molecule has 0 bridgehead atoms. The maximum absolute atomic E-state index is 11.9. The van der Waals surface area contributed by atoms with E-state index in [1.54, 1.807) is 6.92 Å². The summed E-state index contributed by atoms with van der Waals surface area (Å²) in [7, 11) is 0. The van der Waals surface area contributed by atoms with Gasteiger partial charge in [-0.3, -0.25) is 4.79 Å². The second-order valence-corrected chi connectivity index (χ2v) is 5.25. The number of hydrogen-bond donors (Lipinski definition) is 2. The first kappa shape index (κ1) is 16.0. The first-order valence-corrected chi connectivity index (χ1v) is 7.26. The molecule has 0 aliphatic carbocycles. The van der Waals surface area contributed by atoms with E-state index in [4.69, 9.17) is 4.74 Å². The Labute approximate surface area is 123 Å². The van der Waals surface area contributed by atoms with E-state index in [-0.39, 0.29) is 11.9 Å². The molecule has 0 aromatic heterocycles. The van der Waals surface area contributed by atoms with Gasteiger partial charge in [-0.05, 0) is 48.5 Å². The van der Waals surface area contributed by atoms with Crippen LogP contribution >= 0.6 is 15.9 Å². The van der Waals surface area contributed by atoms with E-state index in [0.29, 0.717) is 12.3 Å². The van der Waals surface area contributed by atoms with E-state index >= 15 is 0 Å². The van der Waals surface area contributed by atoms with Crippen molar-refractivity contribution in [1.82, 2.24) is 10.6 Å². The first-order valence-electron chi connectivity index (χ1n) is 6.46. The lowest BCUT2D eigenvalue weighted by atomic mass is 10.3. The molecule has 2 N–H and O–H groups in total. The lowest BCUT2D eigenvalue weighted by Gasteiger charge is -2.18. The number of carbonyl (C=O) groups excluding carboxylic acids is 1. The summed E-state index contributed by atoms with van der Waals surface area (Å²) in [6.45, 7) is 7.29. The van der Waals surface area contributed by atoms with Crippen molar-refractivity contribution < 1.29 is 9.53 Å². The Bertz CT molecular complexity index is 412. The second kappa shape index (κ2) is 8.17. The van der Waals surface area contributed by atoms with Gasteiger partial charge in [-0.1, -0.05) is 19.1 Å². The summed E-state index contributed by atoms with van der Waals surface area (Å²) in [5, 5.41) is 6.10. The maximum atomic E-state index is 11.9. The Morgan fingerprint density at radius 3 is 2.68 bits per heavy atom. The molecule has 1 rings (SSSR count). The lowest BCUT2D eigenvalue weighted by molar-refractivity contribution is -0.127. The summed E-state index contributed by atoms with van der Waals surface area (Å²) in [5.74, 6) is 0.561. The molecule has 106 valence electrons. The van der Waals surface area contributed by atoms with Crippen LogP contribution in [0.25, 0.3) is 0 Å². The van der Waals surface area contributed by atoms with Crippen molar-refractivity contribution in [2.75, 3.05) is 13.1 Å². The largest absolute Gasteiger partial charge is 0.480 e. The molecule has 1 aromatic rings. The number of halogens is 1. The number of ether oxygens (including phenoxy) is 1. The number of likely N-dealkylation sites (N-methyl/N-ethyl adjacent to an activating group) is 1. The van der Waals surface area contributed by atoms with Gasteiger partial charge in [0.25, 0.3) is 5.91 Å². The van der Waals surface area contributed by atoms with Gasteiger partial charge in [0, 0.05) is 12.6 Å². The van der Waals surface area contributed by atoms with Crippen molar-refractivity contribution in [3.05, 3.63) is 28.7 Å². The minimum Gasteiger partial charge on any atom is -0.480 e. The molecular formula is C14H21BrN2O2. The minimum atomic E-state index is -0.521. The third-order valence-electron chi connectivity index (χ3n) is 2.64. The normalized spacial score (nSPS) is 13.7. The van der Waals surface area contributed by atoms with Crippen molar-refractivity contribution >= 4 is 21.8 Å². The third kappa shape index (κ3) is 5.61. The van der Waals surface area contributed by atoms with E-state index in [1.165, 1.54) is 0 Å². The summed E-state index contributed by atoms with van der Waals surface area (Å²) >= 11 is 3.39. The quantitative estimate of drug-likeness (QED) is 0.807. The number of para-hydroxylation sites is 1. The van der Waals surface area contributed by atoms with Gasteiger partial charge in [-0.2, -0.15) is 0 Å². The predicted octanol–water partition coefficient (Wildman–Crippen LogP) is 2.33. The van der Waals surface area contributed by atoms with Crippen molar-refractivity contribution in [1.29, 1.82) is 0 Å². The highest BCUT2D eigenvalue weighted by molar-refractivity contribution is 9.10. The third-order valence-corrected chi connectivity index (χ3v) is 3.30. The average molecular weight is 329 g/mol. The molecule has 0 saturated carbocycles.